The summed E-state index contributed by atoms with van der Waals surface area (Å²) in [6.45, 7) is 0.736. The number of nitrogens with zero attached hydrogens (tertiary/aromatic N) is 1. The number of carboxylic acid groups (broad SMARTS) is 1. The zero-order chi connectivity index (χ0) is 15.4. The lowest BCUT2D eigenvalue weighted by Crippen LogP contribution is -2.29. The van der Waals surface area contributed by atoms with Crippen LogP contribution in [0.5, 0.6) is 0 Å². The first kappa shape index (κ1) is 15.4. The van der Waals surface area contributed by atoms with Crippen molar-refractivity contribution in [1.29, 1.82) is 0 Å². The molecule has 0 aliphatic carbocycles. The molecule has 1 aliphatic rings. The van der Waals surface area contributed by atoms with E-state index in [0.29, 0.717) is 31.4 Å². The molecule has 1 N–H and O–H groups in total. The van der Waals surface area contributed by atoms with Gasteiger partial charge in [0.05, 0.1) is 5.92 Å². The van der Waals surface area contributed by atoms with Gasteiger partial charge in [0.1, 0.15) is 0 Å². The Morgan fingerprint density at radius 3 is 2.67 bits per heavy atom. The van der Waals surface area contributed by atoms with Crippen molar-refractivity contribution < 1.29 is 23.5 Å². The van der Waals surface area contributed by atoms with Crippen LogP contribution < -0.4 is 0 Å². The average Bonchev–Trinajstić information content (AvgIpc) is 2.92. The van der Waals surface area contributed by atoms with Crippen LogP contribution in [0.1, 0.15) is 24.8 Å². The van der Waals surface area contributed by atoms with Crippen LogP contribution in [0, 0.1) is 17.6 Å². The summed E-state index contributed by atoms with van der Waals surface area (Å²) in [6, 6.07) is 3.71. The number of hydrogen-bond acceptors (Lipinski definition) is 2. The number of aliphatic carboxylic acids is 1. The van der Waals surface area contributed by atoms with Gasteiger partial charge < -0.3 is 10.0 Å². The van der Waals surface area contributed by atoms with E-state index < -0.39 is 23.5 Å². The van der Waals surface area contributed by atoms with Gasteiger partial charge in [-0.05, 0) is 37.0 Å². The number of benzene rings is 1. The van der Waals surface area contributed by atoms with Crippen molar-refractivity contribution in [1.82, 2.24) is 4.90 Å². The number of halogens is 2. The van der Waals surface area contributed by atoms with Gasteiger partial charge in [-0.1, -0.05) is 6.07 Å². The Labute approximate surface area is 121 Å². The Bertz CT molecular complexity index is 548. The summed E-state index contributed by atoms with van der Waals surface area (Å²) < 4.78 is 25.8. The first-order chi connectivity index (χ1) is 9.97. The van der Waals surface area contributed by atoms with Gasteiger partial charge in [0.25, 0.3) is 0 Å². The van der Waals surface area contributed by atoms with Crippen molar-refractivity contribution in [3.05, 3.63) is 35.4 Å². The van der Waals surface area contributed by atoms with Crippen molar-refractivity contribution in [3.8, 4) is 0 Å². The van der Waals surface area contributed by atoms with Gasteiger partial charge in [-0.3, -0.25) is 9.59 Å². The van der Waals surface area contributed by atoms with Gasteiger partial charge in [-0.2, -0.15) is 0 Å². The van der Waals surface area contributed by atoms with E-state index in [9.17, 15) is 18.4 Å². The van der Waals surface area contributed by atoms with E-state index in [0.717, 1.165) is 12.1 Å². The highest BCUT2D eigenvalue weighted by atomic mass is 19.2. The molecule has 0 aromatic heterocycles. The van der Waals surface area contributed by atoms with Crippen LogP contribution in [-0.2, 0) is 16.0 Å². The van der Waals surface area contributed by atoms with Crippen molar-refractivity contribution in [2.75, 3.05) is 13.1 Å². The van der Waals surface area contributed by atoms with E-state index in [2.05, 4.69) is 0 Å². The van der Waals surface area contributed by atoms with Crippen molar-refractivity contribution in [2.45, 2.75) is 25.7 Å². The molecule has 4 nitrogen and oxygen atoms in total. The maximum atomic E-state index is 13.0. The minimum Gasteiger partial charge on any atom is -0.481 e. The van der Waals surface area contributed by atoms with Crippen LogP contribution in [0.3, 0.4) is 0 Å². The van der Waals surface area contributed by atoms with Crippen molar-refractivity contribution >= 4 is 11.9 Å². The summed E-state index contributed by atoms with van der Waals surface area (Å²) in [7, 11) is 0. The topological polar surface area (TPSA) is 57.6 Å². The maximum Gasteiger partial charge on any atom is 0.308 e. The van der Waals surface area contributed by atoms with Crippen LogP contribution in [0.15, 0.2) is 18.2 Å². The number of rotatable bonds is 5. The molecule has 1 aromatic carbocycles. The highest BCUT2D eigenvalue weighted by Crippen LogP contribution is 2.18. The van der Waals surface area contributed by atoms with Gasteiger partial charge >= 0.3 is 5.97 Å². The predicted molar refractivity (Wildman–Crippen MR) is 71.6 cm³/mol. The van der Waals surface area contributed by atoms with E-state index in [-0.39, 0.29) is 18.9 Å². The highest BCUT2D eigenvalue weighted by Gasteiger charge is 2.30. The Morgan fingerprint density at radius 1 is 1.29 bits per heavy atom. The second-order valence-corrected chi connectivity index (χ2v) is 5.27. The average molecular weight is 297 g/mol. The van der Waals surface area contributed by atoms with Crippen LogP contribution in [0.2, 0.25) is 0 Å². The van der Waals surface area contributed by atoms with Gasteiger partial charge in [-0.15, -0.1) is 0 Å². The van der Waals surface area contributed by atoms with E-state index >= 15 is 0 Å². The van der Waals surface area contributed by atoms with Crippen molar-refractivity contribution in [2.24, 2.45) is 5.92 Å². The van der Waals surface area contributed by atoms with Gasteiger partial charge in [0.15, 0.2) is 11.6 Å². The molecule has 1 amide bonds. The number of amides is 1. The Kier molecular flexibility index (Phi) is 4.88. The SMILES string of the molecule is O=C(O)[C@H]1CCN(C(=O)CCCc2ccc(F)c(F)c2)C1. The molecule has 1 fully saturated rings. The van der Waals surface area contributed by atoms with Gasteiger partial charge in [0.2, 0.25) is 5.91 Å². The molecule has 1 aliphatic heterocycles. The molecule has 2 rings (SSSR count). The Balaban J connectivity index is 1.77. The number of hydrogen-bond donors (Lipinski definition) is 1. The lowest BCUT2D eigenvalue weighted by molar-refractivity contribution is -0.141. The molecule has 114 valence electrons. The molecule has 0 spiro atoms. The first-order valence-electron chi connectivity index (χ1n) is 6.92. The summed E-state index contributed by atoms with van der Waals surface area (Å²) in [6.07, 6.45) is 1.78. The summed E-state index contributed by atoms with van der Waals surface area (Å²) in [5.74, 6) is -3.19. The fourth-order valence-corrected chi connectivity index (χ4v) is 2.49. The lowest BCUT2D eigenvalue weighted by atomic mass is 10.1. The fourth-order valence-electron chi connectivity index (χ4n) is 2.49. The summed E-state index contributed by atoms with van der Waals surface area (Å²) >= 11 is 0. The summed E-state index contributed by atoms with van der Waals surface area (Å²) in [4.78, 5) is 24.3. The molecule has 1 saturated heterocycles. The minimum atomic E-state index is -0.886. The fraction of sp³-hybridized carbons (Fsp3) is 0.467. The molecule has 0 saturated carbocycles. The molecule has 0 bridgehead atoms. The molecule has 1 aromatic rings. The highest BCUT2D eigenvalue weighted by molar-refractivity contribution is 5.78. The summed E-state index contributed by atoms with van der Waals surface area (Å²) in [5, 5.41) is 8.88. The second-order valence-electron chi connectivity index (χ2n) is 5.27. The largest absolute Gasteiger partial charge is 0.481 e. The standard InChI is InChI=1S/C15H17F2NO3/c16-12-5-4-10(8-13(12)17)2-1-3-14(19)18-7-6-11(9-18)15(20)21/h4-5,8,11H,1-3,6-7,9H2,(H,20,21)/t11-/m0/s1. The van der Waals surface area contributed by atoms with E-state index in [4.69, 9.17) is 5.11 Å². The van der Waals surface area contributed by atoms with Crippen LogP contribution in [-0.4, -0.2) is 35.0 Å². The van der Waals surface area contributed by atoms with Crippen LogP contribution in [0.4, 0.5) is 8.78 Å². The second kappa shape index (κ2) is 6.65. The molecule has 1 heterocycles. The molecule has 0 radical (unpaired) electrons. The van der Waals surface area contributed by atoms with Crippen LogP contribution >= 0.6 is 0 Å². The zero-order valence-electron chi connectivity index (χ0n) is 11.5. The quantitative estimate of drug-likeness (QED) is 0.906. The Hall–Kier alpha value is -1.98. The molecular weight excluding hydrogens is 280 g/mol. The molecule has 0 unspecified atom stereocenters. The third-order valence-electron chi connectivity index (χ3n) is 3.73. The number of carbonyl (C=O) groups is 2. The Morgan fingerprint density at radius 2 is 2.05 bits per heavy atom. The molecule has 21 heavy (non-hydrogen) atoms. The zero-order valence-corrected chi connectivity index (χ0v) is 11.5. The van der Waals surface area contributed by atoms with E-state index in [1.54, 1.807) is 4.90 Å². The summed E-state index contributed by atoms with van der Waals surface area (Å²) in [5.41, 5.74) is 0.645. The van der Waals surface area contributed by atoms with E-state index in [1.807, 2.05) is 0 Å². The number of aryl methyl sites for hydroxylation is 1. The molecule has 6 heteroatoms. The molecule has 1 atom stereocenters. The third-order valence-corrected chi connectivity index (χ3v) is 3.73. The number of carboxylic acids is 1. The number of likely N-dealkylation sites (tertiary alicyclic amines) is 1. The van der Waals surface area contributed by atoms with Crippen molar-refractivity contribution in [3.63, 3.8) is 0 Å². The van der Waals surface area contributed by atoms with Gasteiger partial charge in [0, 0.05) is 19.5 Å². The lowest BCUT2D eigenvalue weighted by Gasteiger charge is -2.15. The number of carbonyl (C=O) groups excluding carboxylic acids is 1. The first-order valence-corrected chi connectivity index (χ1v) is 6.92. The molecular formula is C15H17F2NO3. The monoisotopic (exact) mass is 297 g/mol. The maximum absolute atomic E-state index is 13.0. The smallest absolute Gasteiger partial charge is 0.308 e. The van der Waals surface area contributed by atoms with Crippen LogP contribution in [0.25, 0.3) is 0 Å². The normalized spacial score (nSPS) is 18.0. The van der Waals surface area contributed by atoms with E-state index in [1.165, 1.54) is 6.07 Å². The minimum absolute atomic E-state index is 0.0821. The predicted octanol–water partition coefficient (Wildman–Crippen LogP) is 2.22. The third kappa shape index (κ3) is 4.00. The van der Waals surface area contributed by atoms with Gasteiger partial charge in [-0.25, -0.2) is 8.78 Å².